The van der Waals surface area contributed by atoms with Crippen molar-refractivity contribution < 1.29 is 23.5 Å². The third-order valence-electron chi connectivity index (χ3n) is 3.78. The van der Waals surface area contributed by atoms with E-state index >= 15 is 0 Å². The first kappa shape index (κ1) is 20.1. The molecule has 142 valence electrons. The SMILES string of the molecule is C[C@H](NC(=O)c1ccccc1)C(=O)O[C@H](C)C(=O)NCc1ccc(F)cc1. The molecule has 0 heterocycles. The molecule has 0 aliphatic rings. The third-order valence-corrected chi connectivity index (χ3v) is 3.78. The van der Waals surface area contributed by atoms with E-state index in [-0.39, 0.29) is 12.4 Å². The highest BCUT2D eigenvalue weighted by atomic mass is 19.1. The van der Waals surface area contributed by atoms with E-state index in [1.54, 1.807) is 42.5 Å². The summed E-state index contributed by atoms with van der Waals surface area (Å²) >= 11 is 0. The van der Waals surface area contributed by atoms with E-state index in [1.165, 1.54) is 26.0 Å². The van der Waals surface area contributed by atoms with Gasteiger partial charge in [-0.15, -0.1) is 0 Å². The average Bonchev–Trinajstić information content (AvgIpc) is 2.67. The van der Waals surface area contributed by atoms with Crippen molar-refractivity contribution in [1.82, 2.24) is 10.6 Å². The number of nitrogens with one attached hydrogen (secondary N) is 2. The molecule has 0 saturated heterocycles. The second kappa shape index (κ2) is 9.47. The quantitative estimate of drug-likeness (QED) is 0.730. The van der Waals surface area contributed by atoms with Gasteiger partial charge in [0.25, 0.3) is 11.8 Å². The summed E-state index contributed by atoms with van der Waals surface area (Å²) in [5, 5.41) is 5.13. The molecule has 2 N–H and O–H groups in total. The monoisotopic (exact) mass is 372 g/mol. The van der Waals surface area contributed by atoms with E-state index in [1.807, 2.05) is 0 Å². The number of ether oxygens (including phenoxy) is 1. The molecule has 2 atom stereocenters. The van der Waals surface area contributed by atoms with E-state index in [9.17, 15) is 18.8 Å². The van der Waals surface area contributed by atoms with Gasteiger partial charge in [0.2, 0.25) is 0 Å². The van der Waals surface area contributed by atoms with E-state index in [0.29, 0.717) is 11.1 Å². The minimum absolute atomic E-state index is 0.182. The van der Waals surface area contributed by atoms with Gasteiger partial charge in [-0.3, -0.25) is 9.59 Å². The molecule has 27 heavy (non-hydrogen) atoms. The zero-order valence-electron chi connectivity index (χ0n) is 15.1. The van der Waals surface area contributed by atoms with E-state index in [4.69, 9.17) is 4.74 Å². The maximum Gasteiger partial charge on any atom is 0.329 e. The van der Waals surface area contributed by atoms with Crippen LogP contribution in [0.2, 0.25) is 0 Å². The lowest BCUT2D eigenvalue weighted by molar-refractivity contribution is -0.156. The first-order chi connectivity index (χ1) is 12.9. The Morgan fingerprint density at radius 2 is 1.63 bits per heavy atom. The van der Waals surface area contributed by atoms with Crippen LogP contribution in [0.25, 0.3) is 0 Å². The summed E-state index contributed by atoms with van der Waals surface area (Å²) in [6.45, 7) is 3.09. The number of hydrogen-bond acceptors (Lipinski definition) is 4. The topological polar surface area (TPSA) is 84.5 Å². The molecular formula is C20H21FN2O4. The zero-order chi connectivity index (χ0) is 19.8. The molecule has 6 nitrogen and oxygen atoms in total. The molecule has 0 bridgehead atoms. The maximum atomic E-state index is 12.9. The number of amides is 2. The van der Waals surface area contributed by atoms with Crippen LogP contribution in [0.3, 0.4) is 0 Å². The molecule has 7 heteroatoms. The fraction of sp³-hybridized carbons (Fsp3) is 0.250. The van der Waals surface area contributed by atoms with Gasteiger partial charge in [0.15, 0.2) is 6.10 Å². The van der Waals surface area contributed by atoms with Gasteiger partial charge < -0.3 is 15.4 Å². The predicted molar refractivity (Wildman–Crippen MR) is 97.2 cm³/mol. The fourth-order valence-corrected chi connectivity index (χ4v) is 2.19. The fourth-order valence-electron chi connectivity index (χ4n) is 2.19. The van der Waals surface area contributed by atoms with Crippen LogP contribution in [0.5, 0.6) is 0 Å². The third kappa shape index (κ3) is 6.22. The molecular weight excluding hydrogens is 351 g/mol. The second-order valence-corrected chi connectivity index (χ2v) is 5.98. The molecule has 2 amide bonds. The smallest absolute Gasteiger partial charge is 0.329 e. The number of esters is 1. The van der Waals surface area contributed by atoms with Crippen molar-refractivity contribution in [3.63, 3.8) is 0 Å². The number of rotatable bonds is 7. The van der Waals surface area contributed by atoms with Crippen LogP contribution in [0, 0.1) is 5.82 Å². The van der Waals surface area contributed by atoms with Crippen molar-refractivity contribution in [2.75, 3.05) is 0 Å². The van der Waals surface area contributed by atoms with Crippen LogP contribution in [0.1, 0.15) is 29.8 Å². The highest BCUT2D eigenvalue weighted by Crippen LogP contribution is 2.04. The Balaban J connectivity index is 1.80. The number of benzene rings is 2. The first-order valence-electron chi connectivity index (χ1n) is 8.45. The zero-order valence-corrected chi connectivity index (χ0v) is 15.1. The number of carbonyl (C=O) groups is 3. The molecule has 0 radical (unpaired) electrons. The second-order valence-electron chi connectivity index (χ2n) is 5.98. The molecule has 0 unspecified atom stereocenters. The van der Waals surface area contributed by atoms with Gasteiger partial charge in [-0.2, -0.15) is 0 Å². The summed E-state index contributed by atoms with van der Waals surface area (Å²) in [6, 6.07) is 13.2. The highest BCUT2D eigenvalue weighted by molar-refractivity contribution is 5.96. The molecule has 0 aliphatic carbocycles. The Morgan fingerprint density at radius 3 is 2.26 bits per heavy atom. The molecule has 2 aromatic rings. The Labute approximate surface area is 156 Å². The molecule has 2 rings (SSSR count). The normalized spacial score (nSPS) is 12.6. The lowest BCUT2D eigenvalue weighted by Gasteiger charge is -2.17. The first-order valence-corrected chi connectivity index (χ1v) is 8.45. The Hall–Kier alpha value is -3.22. The summed E-state index contributed by atoms with van der Waals surface area (Å²) < 4.78 is 17.9. The standard InChI is InChI=1S/C20H21FN2O4/c1-13(23-19(25)16-6-4-3-5-7-16)20(26)27-14(2)18(24)22-12-15-8-10-17(21)11-9-15/h3-11,13-14H,12H2,1-2H3,(H,22,24)(H,23,25)/t13-,14+/m0/s1. The average molecular weight is 372 g/mol. The largest absolute Gasteiger partial charge is 0.451 e. The highest BCUT2D eigenvalue weighted by Gasteiger charge is 2.23. The summed E-state index contributed by atoms with van der Waals surface area (Å²) in [5.41, 5.74) is 1.13. The van der Waals surface area contributed by atoms with Crippen LogP contribution in [0.4, 0.5) is 4.39 Å². The summed E-state index contributed by atoms with van der Waals surface area (Å²) in [6.07, 6.45) is -1.03. The van der Waals surface area contributed by atoms with Gasteiger partial charge in [0.05, 0.1) is 0 Å². The van der Waals surface area contributed by atoms with Gasteiger partial charge in [-0.25, -0.2) is 9.18 Å². The minimum Gasteiger partial charge on any atom is -0.451 e. The number of carbonyl (C=O) groups excluding carboxylic acids is 3. The van der Waals surface area contributed by atoms with E-state index in [0.717, 1.165) is 0 Å². The molecule has 2 aromatic carbocycles. The van der Waals surface area contributed by atoms with Gasteiger partial charge >= 0.3 is 5.97 Å². The number of halogens is 1. The molecule has 0 spiro atoms. The van der Waals surface area contributed by atoms with Gasteiger partial charge in [-0.1, -0.05) is 30.3 Å². The predicted octanol–water partition coefficient (Wildman–Crippen LogP) is 2.19. The van der Waals surface area contributed by atoms with Crippen LogP contribution in [-0.4, -0.2) is 29.9 Å². The molecule has 0 aliphatic heterocycles. The lowest BCUT2D eigenvalue weighted by Crippen LogP contribution is -2.43. The van der Waals surface area contributed by atoms with Crippen LogP contribution in [0.15, 0.2) is 54.6 Å². The van der Waals surface area contributed by atoms with Gasteiger partial charge in [0, 0.05) is 12.1 Å². The van der Waals surface area contributed by atoms with Crippen LogP contribution >= 0.6 is 0 Å². The minimum atomic E-state index is -1.03. The molecule has 0 saturated carbocycles. The van der Waals surface area contributed by atoms with Crippen molar-refractivity contribution in [2.24, 2.45) is 0 Å². The summed E-state index contributed by atoms with van der Waals surface area (Å²) in [4.78, 5) is 36.2. The summed E-state index contributed by atoms with van der Waals surface area (Å²) in [5.74, 6) is -1.98. The molecule has 0 aromatic heterocycles. The van der Waals surface area contributed by atoms with Crippen molar-refractivity contribution in [2.45, 2.75) is 32.5 Å². The van der Waals surface area contributed by atoms with Gasteiger partial charge in [0.1, 0.15) is 11.9 Å². The van der Waals surface area contributed by atoms with E-state index in [2.05, 4.69) is 10.6 Å². The Kier molecular flexibility index (Phi) is 7.05. The van der Waals surface area contributed by atoms with Gasteiger partial charge in [-0.05, 0) is 43.7 Å². The lowest BCUT2D eigenvalue weighted by atomic mass is 10.2. The Morgan fingerprint density at radius 1 is 1.00 bits per heavy atom. The Bertz CT molecular complexity index is 793. The van der Waals surface area contributed by atoms with Crippen molar-refractivity contribution in [3.8, 4) is 0 Å². The maximum absolute atomic E-state index is 12.9. The van der Waals surface area contributed by atoms with E-state index < -0.39 is 29.9 Å². The van der Waals surface area contributed by atoms with Crippen molar-refractivity contribution in [3.05, 3.63) is 71.5 Å². The number of hydrogen-bond donors (Lipinski definition) is 2. The molecule has 0 fully saturated rings. The van der Waals surface area contributed by atoms with Crippen molar-refractivity contribution >= 4 is 17.8 Å². The van der Waals surface area contributed by atoms with Crippen LogP contribution in [-0.2, 0) is 20.9 Å². The van der Waals surface area contributed by atoms with Crippen molar-refractivity contribution in [1.29, 1.82) is 0 Å². The van der Waals surface area contributed by atoms with Crippen LogP contribution < -0.4 is 10.6 Å². The summed E-state index contributed by atoms with van der Waals surface area (Å²) in [7, 11) is 0.